The fourth-order valence-electron chi connectivity index (χ4n) is 2.52. The molecule has 2 heterocycles. The molecule has 0 saturated carbocycles. The molecule has 0 bridgehead atoms. The molecule has 1 aromatic carbocycles. The lowest BCUT2D eigenvalue weighted by molar-refractivity contribution is -0.122. The summed E-state index contributed by atoms with van der Waals surface area (Å²) in [7, 11) is 0. The van der Waals surface area contributed by atoms with E-state index in [9.17, 15) is 9.18 Å². The van der Waals surface area contributed by atoms with Gasteiger partial charge < -0.3 is 9.88 Å². The van der Waals surface area contributed by atoms with Crippen LogP contribution in [0.5, 0.6) is 0 Å². The lowest BCUT2D eigenvalue weighted by Gasteiger charge is -2.13. The molecular formula is C18H18FN3O. The SMILES string of the molecule is CC(C)NC(=O)Cn1cccc2cc(-c3ccc(F)cc3)nc1-2. The Balaban J connectivity index is 1.93. The van der Waals surface area contributed by atoms with Crippen molar-refractivity contribution in [2.75, 3.05) is 0 Å². The Kier molecular flexibility index (Phi) is 4.10. The van der Waals surface area contributed by atoms with Crippen LogP contribution in [-0.4, -0.2) is 21.5 Å². The molecule has 23 heavy (non-hydrogen) atoms. The predicted octanol–water partition coefficient (Wildman–Crippen LogP) is 3.32. The molecule has 0 atom stereocenters. The van der Waals surface area contributed by atoms with Gasteiger partial charge in [0.1, 0.15) is 18.2 Å². The van der Waals surface area contributed by atoms with Crippen LogP contribution in [0.3, 0.4) is 0 Å². The van der Waals surface area contributed by atoms with Crippen molar-refractivity contribution in [2.45, 2.75) is 26.4 Å². The Bertz CT molecular complexity index is 792. The number of carbonyl (C=O) groups is 1. The van der Waals surface area contributed by atoms with E-state index in [2.05, 4.69) is 10.3 Å². The molecule has 0 aromatic heterocycles. The molecule has 0 saturated heterocycles. The van der Waals surface area contributed by atoms with Crippen LogP contribution in [0, 0.1) is 5.82 Å². The number of halogens is 1. The maximum Gasteiger partial charge on any atom is 0.240 e. The number of hydrogen-bond acceptors (Lipinski definition) is 2. The molecule has 1 aromatic rings. The second-order valence-electron chi connectivity index (χ2n) is 5.79. The van der Waals surface area contributed by atoms with Crippen LogP contribution in [0.15, 0.2) is 48.7 Å². The van der Waals surface area contributed by atoms with Crippen molar-refractivity contribution >= 4 is 5.91 Å². The molecule has 1 amide bonds. The molecule has 0 unspecified atom stereocenters. The summed E-state index contributed by atoms with van der Waals surface area (Å²) in [6.07, 6.45) is 1.84. The molecular weight excluding hydrogens is 293 g/mol. The molecule has 3 rings (SSSR count). The zero-order chi connectivity index (χ0) is 16.4. The number of rotatable bonds is 4. The number of nitrogens with one attached hydrogen (secondary N) is 1. The first-order chi connectivity index (χ1) is 11.0. The molecule has 0 aliphatic carbocycles. The molecule has 4 nitrogen and oxygen atoms in total. The normalized spacial score (nSPS) is 11.1. The Labute approximate surface area is 134 Å². The van der Waals surface area contributed by atoms with Crippen molar-refractivity contribution in [3.8, 4) is 22.6 Å². The largest absolute Gasteiger partial charge is 0.352 e. The number of nitrogens with zero attached hydrogens (tertiary/aromatic N) is 2. The molecule has 2 aliphatic rings. The van der Waals surface area contributed by atoms with Crippen LogP contribution in [-0.2, 0) is 11.3 Å². The van der Waals surface area contributed by atoms with Crippen molar-refractivity contribution in [3.63, 3.8) is 0 Å². The first-order valence-corrected chi connectivity index (χ1v) is 7.54. The molecule has 0 spiro atoms. The minimum absolute atomic E-state index is 0.0520. The number of carbonyl (C=O) groups excluding carboxylic acids is 1. The van der Waals surface area contributed by atoms with Crippen LogP contribution < -0.4 is 5.32 Å². The minimum Gasteiger partial charge on any atom is -0.352 e. The first-order valence-electron chi connectivity index (χ1n) is 7.54. The van der Waals surface area contributed by atoms with Gasteiger partial charge in [-0.25, -0.2) is 9.37 Å². The Hall–Kier alpha value is -2.69. The van der Waals surface area contributed by atoms with Gasteiger partial charge in [0.15, 0.2) is 0 Å². The number of hydrogen-bond donors (Lipinski definition) is 1. The van der Waals surface area contributed by atoms with E-state index >= 15 is 0 Å². The van der Waals surface area contributed by atoms with Crippen molar-refractivity contribution in [3.05, 3.63) is 54.5 Å². The molecule has 5 heteroatoms. The van der Waals surface area contributed by atoms with Crippen LogP contribution in [0.1, 0.15) is 13.8 Å². The fraction of sp³-hybridized carbons (Fsp3) is 0.222. The third-order valence-corrected chi connectivity index (χ3v) is 3.49. The quantitative estimate of drug-likeness (QED) is 0.803. The first kappa shape index (κ1) is 15.2. The van der Waals surface area contributed by atoms with Crippen molar-refractivity contribution in [1.82, 2.24) is 14.9 Å². The lowest BCUT2D eigenvalue weighted by Crippen LogP contribution is -2.33. The van der Waals surface area contributed by atoms with Crippen molar-refractivity contribution in [2.24, 2.45) is 0 Å². The van der Waals surface area contributed by atoms with Crippen molar-refractivity contribution in [1.29, 1.82) is 0 Å². The summed E-state index contributed by atoms with van der Waals surface area (Å²) < 4.78 is 14.9. The van der Waals surface area contributed by atoms with E-state index < -0.39 is 0 Å². The lowest BCUT2D eigenvalue weighted by atomic mass is 10.1. The van der Waals surface area contributed by atoms with E-state index in [1.54, 1.807) is 12.1 Å². The van der Waals surface area contributed by atoms with Crippen LogP contribution in [0.25, 0.3) is 22.6 Å². The summed E-state index contributed by atoms with van der Waals surface area (Å²) in [6, 6.07) is 12.1. The minimum atomic E-state index is -0.273. The van der Waals surface area contributed by atoms with Gasteiger partial charge in [0.25, 0.3) is 0 Å². The van der Waals surface area contributed by atoms with Gasteiger partial charge in [-0.3, -0.25) is 4.79 Å². The Morgan fingerprint density at radius 3 is 2.65 bits per heavy atom. The van der Waals surface area contributed by atoms with Gasteiger partial charge in [0, 0.05) is 23.4 Å². The van der Waals surface area contributed by atoms with E-state index in [1.165, 1.54) is 12.1 Å². The van der Waals surface area contributed by atoms with Gasteiger partial charge in [-0.1, -0.05) is 0 Å². The average Bonchev–Trinajstić information content (AvgIpc) is 2.92. The number of benzene rings is 1. The Morgan fingerprint density at radius 1 is 1.22 bits per heavy atom. The molecule has 0 fully saturated rings. The van der Waals surface area contributed by atoms with E-state index in [-0.39, 0.29) is 24.3 Å². The highest BCUT2D eigenvalue weighted by Crippen LogP contribution is 2.28. The van der Waals surface area contributed by atoms with E-state index in [4.69, 9.17) is 0 Å². The van der Waals surface area contributed by atoms with Crippen molar-refractivity contribution < 1.29 is 9.18 Å². The summed E-state index contributed by atoms with van der Waals surface area (Å²) in [4.78, 5) is 16.6. The topological polar surface area (TPSA) is 46.9 Å². The Morgan fingerprint density at radius 2 is 1.96 bits per heavy atom. The van der Waals surface area contributed by atoms with Crippen LogP contribution in [0.2, 0.25) is 0 Å². The van der Waals surface area contributed by atoms with Gasteiger partial charge in [0.05, 0.1) is 5.69 Å². The van der Waals surface area contributed by atoms with Gasteiger partial charge >= 0.3 is 0 Å². The summed E-state index contributed by atoms with van der Waals surface area (Å²) in [5, 5.41) is 2.87. The highest BCUT2D eigenvalue weighted by Gasteiger charge is 2.15. The third-order valence-electron chi connectivity index (χ3n) is 3.49. The monoisotopic (exact) mass is 311 g/mol. The van der Waals surface area contributed by atoms with E-state index in [0.29, 0.717) is 0 Å². The maximum atomic E-state index is 13.0. The summed E-state index contributed by atoms with van der Waals surface area (Å²) in [5.41, 5.74) is 2.56. The van der Waals surface area contributed by atoms with Gasteiger partial charge in [-0.2, -0.15) is 0 Å². The smallest absolute Gasteiger partial charge is 0.240 e. The highest BCUT2D eigenvalue weighted by atomic mass is 19.1. The summed E-state index contributed by atoms with van der Waals surface area (Å²) >= 11 is 0. The third kappa shape index (κ3) is 3.39. The predicted molar refractivity (Wildman–Crippen MR) is 87.5 cm³/mol. The van der Waals surface area contributed by atoms with Crippen LogP contribution in [0.4, 0.5) is 4.39 Å². The standard InChI is InChI=1S/C18H18FN3O/c1-12(2)20-17(23)11-22-9-3-4-14-10-16(21-18(14)22)13-5-7-15(19)8-6-13/h3-10,12H,11H2,1-2H3,(H,20,23). The molecule has 1 N–H and O–H groups in total. The molecule has 118 valence electrons. The van der Waals surface area contributed by atoms with Gasteiger partial charge in [-0.15, -0.1) is 0 Å². The molecule has 2 aliphatic heterocycles. The second kappa shape index (κ2) is 6.20. The fourth-order valence-corrected chi connectivity index (χ4v) is 2.52. The summed E-state index contributed by atoms with van der Waals surface area (Å²) in [5.74, 6) is 0.417. The average molecular weight is 311 g/mol. The van der Waals surface area contributed by atoms with Gasteiger partial charge in [0.2, 0.25) is 5.91 Å². The maximum absolute atomic E-state index is 13.0. The zero-order valence-electron chi connectivity index (χ0n) is 13.1. The van der Waals surface area contributed by atoms with E-state index in [0.717, 1.165) is 22.6 Å². The van der Waals surface area contributed by atoms with E-state index in [1.807, 2.05) is 42.8 Å². The number of pyridine rings is 1. The zero-order valence-corrected chi connectivity index (χ0v) is 13.1. The number of amides is 1. The molecule has 0 radical (unpaired) electrons. The second-order valence-corrected chi connectivity index (χ2v) is 5.79. The van der Waals surface area contributed by atoms with Crippen LogP contribution >= 0.6 is 0 Å². The van der Waals surface area contributed by atoms with Gasteiger partial charge in [-0.05, 0) is 56.3 Å². The number of fused-ring (bicyclic) bond motifs is 1. The highest BCUT2D eigenvalue weighted by molar-refractivity contribution is 5.78. The summed E-state index contributed by atoms with van der Waals surface area (Å²) in [6.45, 7) is 4.07. The number of aromatic nitrogens is 2.